The third-order valence-electron chi connectivity index (χ3n) is 6.45. The van der Waals surface area contributed by atoms with Crippen molar-refractivity contribution in [3.05, 3.63) is 16.1 Å². The summed E-state index contributed by atoms with van der Waals surface area (Å²) in [5, 5.41) is 6.34. The number of carbonyl (C=O) groups is 1. The molecule has 2 aliphatic rings. The smallest absolute Gasteiger partial charge is 0.240 e. The van der Waals surface area contributed by atoms with Crippen molar-refractivity contribution in [3.8, 4) is 0 Å². The first-order chi connectivity index (χ1) is 12.4. The average Bonchev–Trinajstić information content (AvgIpc) is 3.11. The van der Waals surface area contributed by atoms with Crippen LogP contribution in [0.1, 0.15) is 75.9 Å². The lowest BCUT2D eigenvalue weighted by Gasteiger charge is -2.57. The van der Waals surface area contributed by atoms with E-state index in [1.54, 1.807) is 11.3 Å². The number of nitrogens with zero attached hydrogens (tertiary/aromatic N) is 1. The van der Waals surface area contributed by atoms with E-state index in [1.807, 2.05) is 20.8 Å². The predicted molar refractivity (Wildman–Crippen MR) is 105 cm³/mol. The van der Waals surface area contributed by atoms with Crippen molar-refractivity contribution in [2.75, 3.05) is 13.2 Å². The van der Waals surface area contributed by atoms with Gasteiger partial charge in [-0.05, 0) is 19.8 Å². The molecule has 0 radical (unpaired) electrons. The van der Waals surface area contributed by atoms with Crippen LogP contribution in [-0.2, 0) is 16.0 Å². The summed E-state index contributed by atoms with van der Waals surface area (Å²) in [7, 11) is 0. The van der Waals surface area contributed by atoms with E-state index in [4.69, 9.17) is 15.5 Å². The summed E-state index contributed by atoms with van der Waals surface area (Å²) in [6.45, 7) is 7.26. The molecule has 26 heavy (non-hydrogen) atoms. The van der Waals surface area contributed by atoms with Gasteiger partial charge >= 0.3 is 0 Å². The van der Waals surface area contributed by atoms with Crippen LogP contribution < -0.4 is 11.1 Å². The van der Waals surface area contributed by atoms with Crippen molar-refractivity contribution in [2.45, 2.75) is 83.3 Å². The van der Waals surface area contributed by atoms with Gasteiger partial charge in [0.2, 0.25) is 5.91 Å². The van der Waals surface area contributed by atoms with E-state index < -0.39 is 5.54 Å². The van der Waals surface area contributed by atoms with Crippen LogP contribution in [0.5, 0.6) is 0 Å². The highest BCUT2D eigenvalue weighted by Crippen LogP contribution is 2.49. The number of amides is 1. The maximum atomic E-state index is 12.6. The number of carbonyl (C=O) groups excluding carboxylic acids is 1. The van der Waals surface area contributed by atoms with Gasteiger partial charge < -0.3 is 15.8 Å². The van der Waals surface area contributed by atoms with Crippen LogP contribution in [0, 0.1) is 5.41 Å². The van der Waals surface area contributed by atoms with Crippen LogP contribution in [0.3, 0.4) is 0 Å². The molecule has 3 N–H and O–H groups in total. The number of nitrogens with one attached hydrogen (secondary N) is 1. The number of thiazole rings is 1. The molecule has 1 aromatic heterocycles. The molecular formula is C20H33N3O2S. The highest BCUT2D eigenvalue weighted by Gasteiger charge is 2.62. The zero-order valence-electron chi connectivity index (χ0n) is 16.3. The second-order valence-corrected chi connectivity index (χ2v) is 9.29. The first-order valence-electron chi connectivity index (χ1n) is 10.0. The molecule has 5 nitrogen and oxygen atoms in total. The van der Waals surface area contributed by atoms with Crippen molar-refractivity contribution < 1.29 is 9.53 Å². The number of nitrogens with two attached hydrogens (primary N) is 1. The van der Waals surface area contributed by atoms with Gasteiger partial charge in [-0.2, -0.15) is 0 Å². The molecule has 6 heteroatoms. The lowest BCUT2D eigenvalue weighted by atomic mass is 9.54. The van der Waals surface area contributed by atoms with Crippen molar-refractivity contribution >= 4 is 17.2 Å². The molecule has 3 rings (SSSR count). The Hall–Kier alpha value is -0.980. The quantitative estimate of drug-likeness (QED) is 0.761. The molecule has 0 aromatic carbocycles. The summed E-state index contributed by atoms with van der Waals surface area (Å²) in [5.74, 6) is 0.574. The van der Waals surface area contributed by atoms with E-state index in [-0.39, 0.29) is 17.4 Å². The summed E-state index contributed by atoms with van der Waals surface area (Å²) in [4.78, 5) is 17.5. The molecule has 0 spiro atoms. The van der Waals surface area contributed by atoms with Crippen LogP contribution in [0.4, 0.5) is 0 Å². The van der Waals surface area contributed by atoms with E-state index in [9.17, 15) is 4.79 Å². The minimum atomic E-state index is -0.844. The van der Waals surface area contributed by atoms with E-state index in [0.717, 1.165) is 11.4 Å². The molecule has 2 saturated carbocycles. The number of aromatic nitrogens is 1. The maximum Gasteiger partial charge on any atom is 0.240 e. The van der Waals surface area contributed by atoms with Gasteiger partial charge in [0.05, 0.1) is 16.8 Å². The fraction of sp³-hybridized carbons (Fsp3) is 0.800. The topological polar surface area (TPSA) is 77.2 Å². The fourth-order valence-corrected chi connectivity index (χ4v) is 5.17. The van der Waals surface area contributed by atoms with Crippen molar-refractivity contribution in [3.63, 3.8) is 0 Å². The van der Waals surface area contributed by atoms with E-state index >= 15 is 0 Å². The Kier molecular flexibility index (Phi) is 6.04. The molecular weight excluding hydrogens is 346 g/mol. The first-order valence-corrected chi connectivity index (χ1v) is 10.9. The van der Waals surface area contributed by atoms with Gasteiger partial charge in [0, 0.05) is 42.7 Å². The van der Waals surface area contributed by atoms with Crippen LogP contribution in [0.2, 0.25) is 0 Å². The Balaban J connectivity index is 1.48. The number of hydrogen-bond acceptors (Lipinski definition) is 5. The van der Waals surface area contributed by atoms with Gasteiger partial charge in [0.25, 0.3) is 0 Å². The van der Waals surface area contributed by atoms with Crippen molar-refractivity contribution in [2.24, 2.45) is 11.1 Å². The Labute approximate surface area is 161 Å². The second kappa shape index (κ2) is 7.95. The number of hydrogen-bond donors (Lipinski definition) is 2. The van der Waals surface area contributed by atoms with Crippen LogP contribution in [0.15, 0.2) is 5.38 Å². The summed E-state index contributed by atoms with van der Waals surface area (Å²) >= 11 is 1.72. The summed E-state index contributed by atoms with van der Waals surface area (Å²) in [5.41, 5.74) is 6.49. The minimum absolute atomic E-state index is 0.0558. The lowest BCUT2D eigenvalue weighted by Crippen LogP contribution is -2.75. The van der Waals surface area contributed by atoms with Gasteiger partial charge in [-0.3, -0.25) is 4.79 Å². The molecule has 2 atom stereocenters. The van der Waals surface area contributed by atoms with Gasteiger partial charge in [-0.15, -0.1) is 11.3 Å². The molecule has 0 aliphatic heterocycles. The summed E-state index contributed by atoms with van der Waals surface area (Å²) in [6.07, 6.45) is 7.96. The zero-order valence-corrected chi connectivity index (χ0v) is 17.2. The summed E-state index contributed by atoms with van der Waals surface area (Å²) in [6, 6.07) is 0. The molecule has 0 bridgehead atoms. The largest absolute Gasteiger partial charge is 0.378 e. The molecule has 2 unspecified atom stereocenters. The fourth-order valence-electron chi connectivity index (χ4n) is 4.29. The highest BCUT2D eigenvalue weighted by molar-refractivity contribution is 7.09. The van der Waals surface area contributed by atoms with Gasteiger partial charge in [0.15, 0.2) is 0 Å². The predicted octanol–water partition coefficient (Wildman–Crippen LogP) is 3.38. The average molecular weight is 380 g/mol. The zero-order chi connectivity index (χ0) is 18.8. The van der Waals surface area contributed by atoms with E-state index in [1.165, 1.54) is 37.8 Å². The second-order valence-electron chi connectivity index (χ2n) is 8.35. The molecule has 1 amide bonds. The van der Waals surface area contributed by atoms with Crippen LogP contribution in [0.25, 0.3) is 0 Å². The third kappa shape index (κ3) is 3.69. The first kappa shape index (κ1) is 19.8. The van der Waals surface area contributed by atoms with Gasteiger partial charge in [-0.25, -0.2) is 4.98 Å². The normalized spacial score (nSPS) is 28.5. The Morgan fingerprint density at radius 1 is 1.38 bits per heavy atom. The maximum absolute atomic E-state index is 12.6. The van der Waals surface area contributed by atoms with Crippen LogP contribution in [-0.4, -0.2) is 35.7 Å². The molecule has 0 saturated heterocycles. The third-order valence-corrected chi connectivity index (χ3v) is 7.38. The molecule has 146 valence electrons. The monoisotopic (exact) mass is 379 g/mol. The van der Waals surface area contributed by atoms with Gasteiger partial charge in [0.1, 0.15) is 5.54 Å². The minimum Gasteiger partial charge on any atom is -0.378 e. The SMILES string of the molecule is CCOC1CC(N)(C(=O)NCCc2nc(C3CCCCC3)cs2)C1(C)C. The van der Waals surface area contributed by atoms with Crippen LogP contribution >= 0.6 is 11.3 Å². The lowest BCUT2D eigenvalue weighted by molar-refractivity contribution is -0.170. The van der Waals surface area contributed by atoms with Crippen molar-refractivity contribution in [1.29, 1.82) is 0 Å². The molecule has 2 aliphatic carbocycles. The molecule has 1 aromatic rings. The molecule has 2 fully saturated rings. The Morgan fingerprint density at radius 3 is 2.77 bits per heavy atom. The standard InChI is InChI=1S/C20H33N3O2S/c1-4-25-16-12-20(21,19(16,2)3)18(24)22-11-10-17-23-15(13-26-17)14-8-6-5-7-9-14/h13-14,16H,4-12,21H2,1-3H3,(H,22,24). The number of rotatable bonds is 7. The number of ether oxygens (including phenoxy) is 1. The van der Waals surface area contributed by atoms with Gasteiger partial charge in [-0.1, -0.05) is 33.1 Å². The Bertz CT molecular complexity index is 624. The summed E-state index contributed by atoms with van der Waals surface area (Å²) < 4.78 is 5.70. The highest BCUT2D eigenvalue weighted by atomic mass is 32.1. The Morgan fingerprint density at radius 2 is 2.12 bits per heavy atom. The molecule has 1 heterocycles. The van der Waals surface area contributed by atoms with E-state index in [2.05, 4.69) is 10.7 Å². The van der Waals surface area contributed by atoms with Crippen molar-refractivity contribution in [1.82, 2.24) is 10.3 Å². The van der Waals surface area contributed by atoms with E-state index in [0.29, 0.717) is 25.5 Å².